The van der Waals surface area contributed by atoms with Crippen LogP contribution in [0.5, 0.6) is 0 Å². The van der Waals surface area contributed by atoms with Crippen molar-refractivity contribution in [1.82, 2.24) is 15.0 Å². The molecular formula is C20H22N6O2. The molecule has 0 unspecified atom stereocenters. The van der Waals surface area contributed by atoms with Gasteiger partial charge in [-0.25, -0.2) is 4.98 Å². The van der Waals surface area contributed by atoms with E-state index in [-0.39, 0.29) is 11.7 Å². The molecule has 2 heterocycles. The molecule has 3 aromatic rings. The van der Waals surface area contributed by atoms with Crippen molar-refractivity contribution in [3.05, 3.63) is 70.5 Å². The summed E-state index contributed by atoms with van der Waals surface area (Å²) in [5.41, 5.74) is 2.50. The van der Waals surface area contributed by atoms with E-state index in [1.807, 2.05) is 24.3 Å². The van der Waals surface area contributed by atoms with Crippen LogP contribution in [0.3, 0.4) is 0 Å². The Kier molecular flexibility index (Phi) is 6.11. The van der Waals surface area contributed by atoms with Gasteiger partial charge in [-0.15, -0.1) is 0 Å². The van der Waals surface area contributed by atoms with Gasteiger partial charge in [-0.2, -0.15) is 4.98 Å². The molecular weight excluding hydrogens is 356 g/mol. The minimum atomic E-state index is -0.400. The predicted molar refractivity (Wildman–Crippen MR) is 109 cm³/mol. The average Bonchev–Trinajstić information content (AvgIpc) is 2.73. The summed E-state index contributed by atoms with van der Waals surface area (Å²) in [6.45, 7) is 4.56. The number of aromatic nitrogens is 3. The van der Waals surface area contributed by atoms with Crippen molar-refractivity contribution < 1.29 is 4.92 Å². The monoisotopic (exact) mass is 378 g/mol. The van der Waals surface area contributed by atoms with Crippen LogP contribution < -0.4 is 10.6 Å². The summed E-state index contributed by atoms with van der Waals surface area (Å²) < 4.78 is 0. The number of nitro benzene ring substituents is 1. The van der Waals surface area contributed by atoms with Crippen molar-refractivity contribution in [2.75, 3.05) is 10.6 Å². The molecule has 28 heavy (non-hydrogen) atoms. The maximum absolute atomic E-state index is 11.0. The molecule has 0 spiro atoms. The lowest BCUT2D eigenvalue weighted by molar-refractivity contribution is -0.384. The van der Waals surface area contributed by atoms with Gasteiger partial charge >= 0.3 is 0 Å². The second kappa shape index (κ2) is 8.90. The molecule has 0 fully saturated rings. The maximum Gasteiger partial charge on any atom is 0.269 e. The van der Waals surface area contributed by atoms with Crippen molar-refractivity contribution in [1.29, 1.82) is 0 Å². The van der Waals surface area contributed by atoms with E-state index in [2.05, 4.69) is 39.4 Å². The SMILES string of the molecule is CC[C@H](C)Nc1nc(NCc2cccc([N+](=O)[O-])c2)cc(-c2cccnc2)n1. The maximum atomic E-state index is 11.0. The smallest absolute Gasteiger partial charge is 0.269 e. The second-order valence-corrected chi connectivity index (χ2v) is 6.44. The fourth-order valence-electron chi connectivity index (χ4n) is 2.56. The number of benzene rings is 1. The Labute approximate surface area is 163 Å². The number of non-ortho nitro benzene ring substituents is 1. The number of nitro groups is 1. The van der Waals surface area contributed by atoms with Gasteiger partial charge in [-0.3, -0.25) is 15.1 Å². The summed E-state index contributed by atoms with van der Waals surface area (Å²) in [5.74, 6) is 1.16. The van der Waals surface area contributed by atoms with Gasteiger partial charge in [0, 0.05) is 48.7 Å². The van der Waals surface area contributed by atoms with Crippen molar-refractivity contribution in [3.8, 4) is 11.3 Å². The number of hydrogen-bond acceptors (Lipinski definition) is 7. The predicted octanol–water partition coefficient (Wildman–Crippen LogP) is 4.27. The van der Waals surface area contributed by atoms with Crippen molar-refractivity contribution >= 4 is 17.5 Å². The summed E-state index contributed by atoms with van der Waals surface area (Å²) in [7, 11) is 0. The Balaban J connectivity index is 1.85. The number of hydrogen-bond donors (Lipinski definition) is 2. The molecule has 8 nitrogen and oxygen atoms in total. The van der Waals surface area contributed by atoms with Gasteiger partial charge in [-0.05, 0) is 31.0 Å². The van der Waals surface area contributed by atoms with Crippen LogP contribution in [0.15, 0.2) is 54.9 Å². The van der Waals surface area contributed by atoms with Crippen LogP contribution in [0.25, 0.3) is 11.3 Å². The van der Waals surface area contributed by atoms with Crippen LogP contribution in [0.2, 0.25) is 0 Å². The molecule has 0 amide bonds. The van der Waals surface area contributed by atoms with E-state index >= 15 is 0 Å². The van der Waals surface area contributed by atoms with E-state index in [0.717, 1.165) is 23.2 Å². The van der Waals surface area contributed by atoms with Gasteiger partial charge < -0.3 is 10.6 Å². The van der Waals surface area contributed by atoms with E-state index in [1.165, 1.54) is 6.07 Å². The molecule has 0 saturated carbocycles. The van der Waals surface area contributed by atoms with Gasteiger partial charge in [0.2, 0.25) is 5.95 Å². The minimum Gasteiger partial charge on any atom is -0.366 e. The highest BCUT2D eigenvalue weighted by molar-refractivity contribution is 5.63. The van der Waals surface area contributed by atoms with Crippen molar-refractivity contribution in [2.45, 2.75) is 32.9 Å². The lowest BCUT2D eigenvalue weighted by Gasteiger charge is -2.14. The third-order valence-corrected chi connectivity index (χ3v) is 4.27. The quantitative estimate of drug-likeness (QED) is 0.445. The molecule has 0 saturated heterocycles. The molecule has 1 aromatic carbocycles. The summed E-state index contributed by atoms with van der Waals surface area (Å²) in [6.07, 6.45) is 4.40. The largest absolute Gasteiger partial charge is 0.366 e. The molecule has 144 valence electrons. The molecule has 2 aromatic heterocycles. The first kappa shape index (κ1) is 19.2. The number of anilines is 2. The van der Waals surface area contributed by atoms with Crippen molar-refractivity contribution in [3.63, 3.8) is 0 Å². The van der Waals surface area contributed by atoms with Crippen LogP contribution >= 0.6 is 0 Å². The van der Waals surface area contributed by atoms with Gasteiger partial charge in [0.05, 0.1) is 10.6 Å². The number of pyridine rings is 1. The highest BCUT2D eigenvalue weighted by Crippen LogP contribution is 2.22. The Morgan fingerprint density at radius 3 is 2.75 bits per heavy atom. The molecule has 0 aliphatic carbocycles. The van der Waals surface area contributed by atoms with E-state index in [9.17, 15) is 10.1 Å². The van der Waals surface area contributed by atoms with Crippen LogP contribution in [-0.4, -0.2) is 25.9 Å². The first-order chi connectivity index (χ1) is 13.5. The highest BCUT2D eigenvalue weighted by Gasteiger charge is 2.10. The van der Waals surface area contributed by atoms with Crippen LogP contribution in [0, 0.1) is 10.1 Å². The fraction of sp³-hybridized carbons (Fsp3) is 0.250. The van der Waals surface area contributed by atoms with Crippen molar-refractivity contribution in [2.24, 2.45) is 0 Å². The first-order valence-corrected chi connectivity index (χ1v) is 9.08. The molecule has 3 rings (SSSR count). The van der Waals surface area contributed by atoms with E-state index < -0.39 is 4.92 Å². The van der Waals surface area contributed by atoms with Crippen LogP contribution in [0.4, 0.5) is 17.5 Å². The lowest BCUT2D eigenvalue weighted by Crippen LogP contribution is -2.16. The summed E-state index contributed by atoms with van der Waals surface area (Å²) in [5, 5.41) is 17.5. The number of nitrogens with zero attached hydrogens (tertiary/aromatic N) is 4. The zero-order chi connectivity index (χ0) is 19.9. The summed E-state index contributed by atoms with van der Waals surface area (Å²) >= 11 is 0. The Morgan fingerprint density at radius 2 is 2.04 bits per heavy atom. The normalized spacial score (nSPS) is 11.6. The minimum absolute atomic E-state index is 0.0668. The molecule has 2 N–H and O–H groups in total. The highest BCUT2D eigenvalue weighted by atomic mass is 16.6. The number of rotatable bonds is 8. The van der Waals surface area contributed by atoms with Gasteiger partial charge in [0.25, 0.3) is 5.69 Å². The Bertz CT molecular complexity index is 948. The van der Waals surface area contributed by atoms with E-state index in [4.69, 9.17) is 0 Å². The standard InChI is InChI=1S/C20H22N6O2/c1-3-14(2)23-20-24-18(16-7-5-9-21-13-16)11-19(25-20)22-12-15-6-4-8-17(10-15)26(27)28/h4-11,13-14H,3,12H2,1-2H3,(H2,22,23,24,25)/t14-/m0/s1. The number of nitrogens with one attached hydrogen (secondary N) is 2. The van der Waals surface area contributed by atoms with E-state index in [1.54, 1.807) is 24.5 Å². The van der Waals surface area contributed by atoms with Gasteiger partial charge in [-0.1, -0.05) is 19.1 Å². The molecule has 0 aliphatic heterocycles. The third-order valence-electron chi connectivity index (χ3n) is 4.27. The molecule has 0 bridgehead atoms. The second-order valence-electron chi connectivity index (χ2n) is 6.44. The third kappa shape index (κ3) is 5.00. The average molecular weight is 378 g/mol. The molecule has 0 aliphatic rings. The Morgan fingerprint density at radius 1 is 1.18 bits per heavy atom. The van der Waals surface area contributed by atoms with Crippen LogP contribution in [0.1, 0.15) is 25.8 Å². The Hall–Kier alpha value is -3.55. The first-order valence-electron chi connectivity index (χ1n) is 9.08. The molecule has 8 heteroatoms. The lowest BCUT2D eigenvalue weighted by atomic mass is 10.2. The molecule has 0 radical (unpaired) electrons. The van der Waals surface area contributed by atoms with Gasteiger partial charge in [0.15, 0.2) is 0 Å². The summed E-state index contributed by atoms with van der Waals surface area (Å²) in [6, 6.07) is 12.4. The zero-order valence-corrected chi connectivity index (χ0v) is 15.8. The summed E-state index contributed by atoms with van der Waals surface area (Å²) in [4.78, 5) is 23.8. The van der Waals surface area contributed by atoms with Gasteiger partial charge in [0.1, 0.15) is 5.82 Å². The molecule has 1 atom stereocenters. The van der Waals surface area contributed by atoms with E-state index in [0.29, 0.717) is 18.3 Å². The fourth-order valence-corrected chi connectivity index (χ4v) is 2.56. The topological polar surface area (TPSA) is 106 Å². The zero-order valence-electron chi connectivity index (χ0n) is 15.8. The van der Waals surface area contributed by atoms with Crippen LogP contribution in [-0.2, 0) is 6.54 Å².